The number of rotatable bonds is 6. The molecule has 2 aliphatic rings. The number of hydrogen-bond donors (Lipinski definition) is 1. The van der Waals surface area contributed by atoms with Gasteiger partial charge in [-0.2, -0.15) is 8.78 Å². The lowest BCUT2D eigenvalue weighted by atomic mass is 9.91. The number of carbonyl (C=O) groups excluding carboxylic acids is 1. The lowest BCUT2D eigenvalue weighted by Gasteiger charge is -2.34. The van der Waals surface area contributed by atoms with Crippen LogP contribution in [0.15, 0.2) is 54.6 Å². The van der Waals surface area contributed by atoms with E-state index in [1.165, 1.54) is 12.2 Å². The van der Waals surface area contributed by atoms with Crippen molar-refractivity contribution < 1.29 is 18.3 Å². The second-order valence-corrected chi connectivity index (χ2v) is 6.84. The van der Waals surface area contributed by atoms with E-state index in [-0.39, 0.29) is 18.1 Å². The predicted octanol–water partition coefficient (Wildman–Crippen LogP) is 2.82. The molecule has 1 aliphatic heterocycles. The van der Waals surface area contributed by atoms with E-state index in [0.717, 1.165) is 30.8 Å². The molecule has 5 nitrogen and oxygen atoms in total. The second-order valence-electron chi connectivity index (χ2n) is 6.84. The number of primary amides is 1. The average Bonchev–Trinajstić information content (AvgIpc) is 2.67. The Morgan fingerprint density at radius 3 is 2.37 bits per heavy atom. The molecule has 0 radical (unpaired) electrons. The van der Waals surface area contributed by atoms with Crippen molar-refractivity contribution in [2.45, 2.75) is 12.0 Å². The van der Waals surface area contributed by atoms with Crippen LogP contribution in [0.1, 0.15) is 11.7 Å². The predicted molar refractivity (Wildman–Crippen MR) is 99.4 cm³/mol. The van der Waals surface area contributed by atoms with Crippen molar-refractivity contribution in [3.8, 4) is 0 Å². The second kappa shape index (κ2) is 8.63. The number of carbonyl (C=O) groups is 1. The largest absolute Gasteiger partial charge is 0.371 e. The van der Waals surface area contributed by atoms with Crippen molar-refractivity contribution in [1.29, 1.82) is 0 Å². The van der Waals surface area contributed by atoms with Crippen molar-refractivity contribution in [3.05, 3.63) is 60.2 Å². The molecule has 0 bridgehead atoms. The van der Waals surface area contributed by atoms with Gasteiger partial charge in [-0.3, -0.25) is 4.90 Å². The molecule has 27 heavy (non-hydrogen) atoms. The molecule has 1 atom stereocenters. The van der Waals surface area contributed by atoms with Gasteiger partial charge in [-0.1, -0.05) is 42.5 Å². The number of nitrogens with two attached hydrogens (primary N) is 1. The summed E-state index contributed by atoms with van der Waals surface area (Å²) in [5.74, 6) is -3.13. The van der Waals surface area contributed by atoms with Crippen LogP contribution < -0.4 is 5.73 Å². The first-order valence-electron chi connectivity index (χ1n) is 9.14. The first-order chi connectivity index (χ1) is 12.9. The molecule has 1 aromatic carbocycles. The quantitative estimate of drug-likeness (QED) is 0.776. The van der Waals surface area contributed by atoms with E-state index < -0.39 is 5.92 Å². The summed E-state index contributed by atoms with van der Waals surface area (Å²) in [7, 11) is 0. The molecule has 1 saturated heterocycles. The highest BCUT2D eigenvalue weighted by atomic mass is 19.3. The van der Waals surface area contributed by atoms with Gasteiger partial charge < -0.3 is 15.4 Å². The molecule has 1 aromatic rings. The molecule has 1 unspecified atom stereocenters. The molecule has 0 saturated carbocycles. The Kier molecular flexibility index (Phi) is 6.23. The summed E-state index contributed by atoms with van der Waals surface area (Å²) in [5.41, 5.74) is 6.25. The number of alkyl halides is 2. The molecule has 7 heteroatoms. The maximum Gasteiger partial charge on any atom is 0.314 e. The normalized spacial score (nSPS) is 21.3. The number of benzene rings is 1. The number of halogens is 2. The van der Waals surface area contributed by atoms with Gasteiger partial charge >= 0.3 is 6.03 Å². The summed E-state index contributed by atoms with van der Waals surface area (Å²) in [6.45, 7) is 3.91. The maximum absolute atomic E-state index is 13.4. The van der Waals surface area contributed by atoms with Gasteiger partial charge in [0.25, 0.3) is 5.92 Å². The van der Waals surface area contributed by atoms with Crippen LogP contribution in [0.2, 0.25) is 0 Å². The highest BCUT2D eigenvalue weighted by Gasteiger charge is 2.29. The Hall–Kier alpha value is -2.25. The van der Waals surface area contributed by atoms with Gasteiger partial charge in [0, 0.05) is 38.6 Å². The van der Waals surface area contributed by atoms with Gasteiger partial charge in [-0.05, 0) is 17.7 Å². The van der Waals surface area contributed by atoms with Crippen molar-refractivity contribution in [1.82, 2.24) is 9.80 Å². The van der Waals surface area contributed by atoms with E-state index in [1.807, 2.05) is 30.3 Å². The van der Waals surface area contributed by atoms with Crippen molar-refractivity contribution in [2.24, 2.45) is 11.7 Å². The third-order valence-electron chi connectivity index (χ3n) is 4.95. The fourth-order valence-corrected chi connectivity index (χ4v) is 3.37. The van der Waals surface area contributed by atoms with E-state index in [9.17, 15) is 13.6 Å². The van der Waals surface area contributed by atoms with Crippen molar-refractivity contribution >= 4 is 6.03 Å². The van der Waals surface area contributed by atoms with Gasteiger partial charge in [0.1, 0.15) is 0 Å². The average molecular weight is 377 g/mol. The van der Waals surface area contributed by atoms with E-state index >= 15 is 0 Å². The highest BCUT2D eigenvalue weighted by Crippen LogP contribution is 2.33. The fraction of sp³-hybridized carbons (Fsp3) is 0.450. The minimum absolute atomic E-state index is 0.237. The van der Waals surface area contributed by atoms with Crippen LogP contribution in [-0.4, -0.2) is 61.1 Å². The molecule has 0 aromatic heterocycles. The Morgan fingerprint density at radius 2 is 1.78 bits per heavy atom. The number of amides is 2. The summed E-state index contributed by atoms with van der Waals surface area (Å²) in [4.78, 5) is 15.0. The topological polar surface area (TPSA) is 58.8 Å². The molecular formula is C20H25F2N3O2. The number of urea groups is 1. The van der Waals surface area contributed by atoms with Gasteiger partial charge in [0.05, 0.1) is 12.7 Å². The van der Waals surface area contributed by atoms with Crippen LogP contribution in [0.25, 0.3) is 0 Å². The molecule has 0 spiro atoms. The van der Waals surface area contributed by atoms with Gasteiger partial charge in [0.15, 0.2) is 0 Å². The van der Waals surface area contributed by atoms with E-state index in [0.29, 0.717) is 26.2 Å². The smallest absolute Gasteiger partial charge is 0.314 e. The van der Waals surface area contributed by atoms with Crippen LogP contribution in [0, 0.1) is 5.92 Å². The number of nitrogens with zero attached hydrogens (tertiary/aromatic N) is 2. The molecular weight excluding hydrogens is 352 g/mol. The van der Waals surface area contributed by atoms with Crippen molar-refractivity contribution in [3.63, 3.8) is 0 Å². The van der Waals surface area contributed by atoms with Crippen LogP contribution in [0.5, 0.6) is 0 Å². The Morgan fingerprint density at radius 1 is 1.15 bits per heavy atom. The third kappa shape index (κ3) is 5.37. The van der Waals surface area contributed by atoms with Gasteiger partial charge in [-0.25, -0.2) is 4.79 Å². The summed E-state index contributed by atoms with van der Waals surface area (Å²) in [5, 5.41) is 0. The lowest BCUT2D eigenvalue weighted by molar-refractivity contribution is 0.0139. The third-order valence-corrected chi connectivity index (χ3v) is 4.95. The van der Waals surface area contributed by atoms with Crippen LogP contribution in [0.4, 0.5) is 13.6 Å². The Bertz CT molecular complexity index is 670. The van der Waals surface area contributed by atoms with Crippen LogP contribution >= 0.6 is 0 Å². The van der Waals surface area contributed by atoms with E-state index in [2.05, 4.69) is 4.90 Å². The Labute approximate surface area is 158 Å². The SMILES string of the molecule is NC(=O)N1CCN(CCOC(c2ccccc2)C2C=CC(F)(F)C=C2)CC1. The fourth-order valence-electron chi connectivity index (χ4n) is 3.37. The zero-order valence-electron chi connectivity index (χ0n) is 15.1. The minimum atomic E-state index is -2.89. The van der Waals surface area contributed by atoms with Crippen LogP contribution in [-0.2, 0) is 4.74 Å². The lowest BCUT2D eigenvalue weighted by Crippen LogP contribution is -2.51. The molecule has 2 N–H and O–H groups in total. The van der Waals surface area contributed by atoms with Gasteiger partial charge in [0.2, 0.25) is 0 Å². The first kappa shape index (κ1) is 19.5. The van der Waals surface area contributed by atoms with Crippen molar-refractivity contribution in [2.75, 3.05) is 39.3 Å². The summed E-state index contributed by atoms with van der Waals surface area (Å²) in [6.07, 6.45) is 4.58. The molecule has 1 fully saturated rings. The van der Waals surface area contributed by atoms with Crippen LogP contribution in [0.3, 0.4) is 0 Å². The van der Waals surface area contributed by atoms with E-state index in [1.54, 1.807) is 4.90 Å². The monoisotopic (exact) mass is 377 g/mol. The van der Waals surface area contributed by atoms with Gasteiger partial charge in [-0.15, -0.1) is 0 Å². The Balaban J connectivity index is 1.57. The molecule has 146 valence electrons. The maximum atomic E-state index is 13.4. The number of hydrogen-bond acceptors (Lipinski definition) is 3. The zero-order valence-corrected chi connectivity index (χ0v) is 15.1. The van der Waals surface area contributed by atoms with E-state index in [4.69, 9.17) is 10.5 Å². The standard InChI is InChI=1S/C20H25F2N3O2/c21-20(22)8-6-17(7-9-20)18(16-4-2-1-3-5-16)27-15-14-24-10-12-25(13-11-24)19(23)26/h1-9,17-18H,10-15H2,(H2,23,26). The molecule has 1 aliphatic carbocycles. The molecule has 1 heterocycles. The highest BCUT2D eigenvalue weighted by molar-refractivity contribution is 5.72. The number of ether oxygens (including phenoxy) is 1. The zero-order chi connectivity index (χ0) is 19.3. The molecule has 3 rings (SSSR count). The summed E-state index contributed by atoms with van der Waals surface area (Å²) in [6, 6.07) is 9.26. The minimum Gasteiger partial charge on any atom is -0.371 e. The summed E-state index contributed by atoms with van der Waals surface area (Å²) < 4.78 is 32.9. The summed E-state index contributed by atoms with van der Waals surface area (Å²) >= 11 is 0. The number of allylic oxidation sites excluding steroid dienone is 2. The number of piperazine rings is 1. The first-order valence-corrected chi connectivity index (χ1v) is 9.14. The molecule has 2 amide bonds.